The minimum atomic E-state index is 0.345. The van der Waals surface area contributed by atoms with Crippen molar-refractivity contribution in [1.82, 2.24) is 0 Å². The van der Waals surface area contributed by atoms with Crippen molar-refractivity contribution in [2.75, 3.05) is 0 Å². The third-order valence-electron chi connectivity index (χ3n) is 5.53. The van der Waals surface area contributed by atoms with Gasteiger partial charge in [-0.2, -0.15) is 0 Å². The van der Waals surface area contributed by atoms with Crippen LogP contribution in [0.2, 0.25) is 0 Å². The molecule has 0 amide bonds. The molecule has 1 aliphatic rings. The van der Waals surface area contributed by atoms with E-state index in [1.165, 1.54) is 70.6 Å². The zero-order chi connectivity index (χ0) is 16.4. The van der Waals surface area contributed by atoms with Gasteiger partial charge in [-0.1, -0.05) is 91.9 Å². The van der Waals surface area contributed by atoms with E-state index in [1.807, 2.05) is 0 Å². The summed E-state index contributed by atoms with van der Waals surface area (Å²) in [6, 6.07) is 0. The third-order valence-corrected chi connectivity index (χ3v) is 5.53. The maximum Gasteiger partial charge on any atom is 0.138 e. The summed E-state index contributed by atoms with van der Waals surface area (Å²) in [7, 11) is 0. The van der Waals surface area contributed by atoms with Crippen molar-refractivity contribution in [3.63, 3.8) is 0 Å². The van der Waals surface area contributed by atoms with Crippen molar-refractivity contribution in [3.05, 3.63) is 0 Å². The molecule has 1 fully saturated rings. The second kappa shape index (κ2) is 10.4. The first-order valence-corrected chi connectivity index (χ1v) is 10.00. The Balaban J connectivity index is 1.94. The van der Waals surface area contributed by atoms with E-state index < -0.39 is 0 Å². The van der Waals surface area contributed by atoms with Gasteiger partial charge in [-0.15, -0.1) is 0 Å². The maximum absolute atomic E-state index is 11.8. The third kappa shape index (κ3) is 7.79. The van der Waals surface area contributed by atoms with E-state index in [1.54, 1.807) is 0 Å². The Morgan fingerprint density at radius 1 is 0.909 bits per heavy atom. The van der Waals surface area contributed by atoms with E-state index in [9.17, 15) is 4.79 Å². The van der Waals surface area contributed by atoms with Gasteiger partial charge in [0.2, 0.25) is 0 Å². The van der Waals surface area contributed by atoms with Gasteiger partial charge < -0.3 is 0 Å². The second-order valence-electron chi connectivity index (χ2n) is 8.54. The number of hydrogen-bond acceptors (Lipinski definition) is 1. The van der Waals surface area contributed by atoms with Gasteiger partial charge in [0.15, 0.2) is 0 Å². The van der Waals surface area contributed by atoms with Crippen LogP contribution < -0.4 is 0 Å². The molecule has 0 radical (unpaired) electrons. The largest absolute Gasteiger partial charge is 0.299 e. The summed E-state index contributed by atoms with van der Waals surface area (Å²) in [5, 5.41) is 0. The number of unbranched alkanes of at least 4 members (excludes halogenated alkanes) is 9. The fourth-order valence-electron chi connectivity index (χ4n) is 3.94. The lowest BCUT2D eigenvalue weighted by Crippen LogP contribution is -2.38. The van der Waals surface area contributed by atoms with Crippen LogP contribution in [0.1, 0.15) is 111 Å². The average Bonchev–Trinajstić information content (AvgIpc) is 2.48. The van der Waals surface area contributed by atoms with Crippen LogP contribution in [0.25, 0.3) is 0 Å². The Bertz CT molecular complexity index is 305. The quantitative estimate of drug-likeness (QED) is 0.337. The number of carbonyl (C=O) groups excluding carboxylic acids is 1. The topological polar surface area (TPSA) is 17.1 Å². The summed E-state index contributed by atoms with van der Waals surface area (Å²) in [6.45, 7) is 9.07. The van der Waals surface area contributed by atoms with E-state index in [2.05, 4.69) is 27.7 Å². The smallest absolute Gasteiger partial charge is 0.138 e. The zero-order valence-corrected chi connectivity index (χ0v) is 15.8. The summed E-state index contributed by atoms with van der Waals surface area (Å²) in [6.07, 6.45) is 17.6. The van der Waals surface area contributed by atoms with Crippen LogP contribution in [0, 0.1) is 17.3 Å². The summed E-state index contributed by atoms with van der Waals surface area (Å²) < 4.78 is 0. The molecule has 1 heteroatoms. The minimum absolute atomic E-state index is 0.345. The van der Waals surface area contributed by atoms with Crippen molar-refractivity contribution >= 4 is 5.78 Å². The van der Waals surface area contributed by atoms with E-state index >= 15 is 0 Å². The molecule has 1 aliphatic carbocycles. The fourth-order valence-corrected chi connectivity index (χ4v) is 3.94. The molecule has 0 spiro atoms. The van der Waals surface area contributed by atoms with Gasteiger partial charge >= 0.3 is 0 Å². The van der Waals surface area contributed by atoms with E-state index in [4.69, 9.17) is 0 Å². The second-order valence-corrected chi connectivity index (χ2v) is 8.54. The van der Waals surface area contributed by atoms with E-state index in [-0.39, 0.29) is 0 Å². The molecule has 1 nitrogen and oxygen atoms in total. The van der Waals surface area contributed by atoms with Crippen molar-refractivity contribution in [3.8, 4) is 0 Å². The molecular formula is C21H40O. The summed E-state index contributed by atoms with van der Waals surface area (Å²) in [5.41, 5.74) is 0.362. The summed E-state index contributed by atoms with van der Waals surface area (Å²) in [5.74, 6) is 1.25. The highest BCUT2D eigenvalue weighted by molar-refractivity contribution is 5.88. The lowest BCUT2D eigenvalue weighted by molar-refractivity contribution is -0.136. The summed E-state index contributed by atoms with van der Waals surface area (Å²) in [4.78, 5) is 11.8. The molecule has 2 unspecified atom stereocenters. The van der Waals surface area contributed by atoms with Crippen LogP contribution >= 0.6 is 0 Å². The lowest BCUT2D eigenvalue weighted by atomic mass is 9.66. The number of Topliss-reactive ketones (excluding diaryl/α,β-unsaturated/α-hetero) is 1. The van der Waals surface area contributed by atoms with Crippen LogP contribution in [0.5, 0.6) is 0 Å². The van der Waals surface area contributed by atoms with Crippen LogP contribution in [0.15, 0.2) is 0 Å². The Morgan fingerprint density at radius 3 is 1.86 bits per heavy atom. The van der Waals surface area contributed by atoms with Crippen molar-refractivity contribution in [2.45, 2.75) is 111 Å². The highest BCUT2D eigenvalue weighted by Crippen LogP contribution is 2.40. The first kappa shape index (κ1) is 19.7. The lowest BCUT2D eigenvalue weighted by Gasteiger charge is -2.37. The molecule has 0 aromatic rings. The van der Waals surface area contributed by atoms with E-state index in [0.29, 0.717) is 23.0 Å². The minimum Gasteiger partial charge on any atom is -0.299 e. The number of ketones is 1. The first-order valence-electron chi connectivity index (χ1n) is 10.00. The van der Waals surface area contributed by atoms with Gasteiger partial charge in [0, 0.05) is 11.8 Å². The monoisotopic (exact) mass is 308 g/mol. The first-order chi connectivity index (χ1) is 10.5. The van der Waals surface area contributed by atoms with Crippen LogP contribution in [-0.4, -0.2) is 5.78 Å². The van der Waals surface area contributed by atoms with Crippen molar-refractivity contribution in [1.29, 1.82) is 0 Å². The molecule has 130 valence electrons. The van der Waals surface area contributed by atoms with Crippen molar-refractivity contribution < 1.29 is 4.79 Å². The van der Waals surface area contributed by atoms with Crippen molar-refractivity contribution in [2.24, 2.45) is 17.3 Å². The number of hydrogen-bond donors (Lipinski definition) is 0. The van der Waals surface area contributed by atoms with Gasteiger partial charge in [0.1, 0.15) is 5.78 Å². The molecule has 0 saturated heterocycles. The molecule has 0 bridgehead atoms. The molecule has 22 heavy (non-hydrogen) atoms. The van der Waals surface area contributed by atoms with Gasteiger partial charge in [-0.3, -0.25) is 4.79 Å². The molecule has 0 heterocycles. The molecule has 1 saturated carbocycles. The predicted molar refractivity (Wildman–Crippen MR) is 97.1 cm³/mol. The van der Waals surface area contributed by atoms with E-state index in [0.717, 1.165) is 12.8 Å². The molecule has 0 aromatic heterocycles. The van der Waals surface area contributed by atoms with Gasteiger partial charge in [-0.25, -0.2) is 0 Å². The zero-order valence-electron chi connectivity index (χ0n) is 15.8. The molecule has 0 N–H and O–H groups in total. The van der Waals surface area contributed by atoms with Crippen LogP contribution in [0.4, 0.5) is 0 Å². The highest BCUT2D eigenvalue weighted by Gasteiger charge is 2.38. The Hall–Kier alpha value is -0.330. The maximum atomic E-state index is 11.8. The van der Waals surface area contributed by atoms with Gasteiger partial charge in [0.05, 0.1) is 0 Å². The Labute approximate surface area is 139 Å². The molecule has 2 atom stereocenters. The Kier molecular flexibility index (Phi) is 9.36. The average molecular weight is 309 g/mol. The van der Waals surface area contributed by atoms with Crippen LogP contribution in [0.3, 0.4) is 0 Å². The molecule has 1 rings (SSSR count). The fraction of sp³-hybridized carbons (Fsp3) is 0.952. The molecule has 0 aliphatic heterocycles. The normalized spacial score (nSPS) is 21.9. The Morgan fingerprint density at radius 2 is 1.41 bits per heavy atom. The molecule has 0 aromatic carbocycles. The number of carbonyl (C=O) groups is 1. The van der Waals surface area contributed by atoms with Gasteiger partial charge in [0.25, 0.3) is 0 Å². The standard InChI is InChI=1S/C21H40O/c1-5-6-7-8-9-10-11-12-13-14-15-21(3,4)17-19-16-18(2)20(19)22/h18-19H,5-17H2,1-4H3. The van der Waals surface area contributed by atoms with Gasteiger partial charge in [-0.05, 0) is 24.7 Å². The SMILES string of the molecule is CCCCCCCCCCCCC(C)(C)CC1CC(C)C1=O. The van der Waals surface area contributed by atoms with Crippen LogP contribution in [-0.2, 0) is 4.79 Å². The number of rotatable bonds is 13. The molecular weight excluding hydrogens is 268 g/mol. The predicted octanol–water partition coefficient (Wildman–Crippen LogP) is 6.94. The highest BCUT2D eigenvalue weighted by atomic mass is 16.1. The summed E-state index contributed by atoms with van der Waals surface area (Å²) >= 11 is 0.